The highest BCUT2D eigenvalue weighted by molar-refractivity contribution is 6.17. The molecule has 2 aromatic heterocycles. The summed E-state index contributed by atoms with van der Waals surface area (Å²) in [6.45, 7) is 1.67. The minimum atomic E-state index is -0.679. The van der Waals surface area contributed by atoms with E-state index < -0.39 is 12.6 Å². The number of carbonyl (C=O) groups excluding carboxylic acids is 1. The molecule has 0 unspecified atom stereocenters. The van der Waals surface area contributed by atoms with Crippen molar-refractivity contribution in [3.8, 4) is 5.88 Å². The molecule has 4 rings (SSSR count). The summed E-state index contributed by atoms with van der Waals surface area (Å²) in [5, 5.41) is 3.28. The van der Waals surface area contributed by atoms with Crippen LogP contribution in [0.15, 0.2) is 30.6 Å². The van der Waals surface area contributed by atoms with E-state index in [0.29, 0.717) is 23.3 Å². The molecule has 0 saturated heterocycles. The number of benzene rings is 1. The third-order valence-electron chi connectivity index (χ3n) is 5.31. The third kappa shape index (κ3) is 3.56. The SMILES string of the molecule is COCc1ccc(NC(=O)c2c(OCCF)n(C3(C)CC3)c3ncnc(N)c23)cc1. The second-order valence-electron chi connectivity index (χ2n) is 7.59. The fraction of sp³-hybridized carbons (Fsp3) is 0.381. The van der Waals surface area contributed by atoms with Crippen LogP contribution in [0, 0.1) is 0 Å². The Bertz CT molecular complexity index is 1080. The van der Waals surface area contributed by atoms with Crippen molar-refractivity contribution in [1.82, 2.24) is 14.5 Å². The van der Waals surface area contributed by atoms with E-state index in [2.05, 4.69) is 15.3 Å². The van der Waals surface area contributed by atoms with Crippen molar-refractivity contribution in [2.45, 2.75) is 31.9 Å². The highest BCUT2D eigenvalue weighted by atomic mass is 19.1. The summed E-state index contributed by atoms with van der Waals surface area (Å²) in [6, 6.07) is 7.31. The van der Waals surface area contributed by atoms with Crippen LogP contribution in [0.4, 0.5) is 15.9 Å². The van der Waals surface area contributed by atoms with Gasteiger partial charge in [0, 0.05) is 18.3 Å². The molecule has 1 fully saturated rings. The molecule has 0 aliphatic heterocycles. The molecule has 1 saturated carbocycles. The van der Waals surface area contributed by atoms with Crippen molar-refractivity contribution in [3.63, 3.8) is 0 Å². The van der Waals surface area contributed by atoms with Crippen LogP contribution in [-0.4, -0.2) is 40.8 Å². The zero-order valence-corrected chi connectivity index (χ0v) is 16.9. The van der Waals surface area contributed by atoms with Gasteiger partial charge in [0.2, 0.25) is 5.88 Å². The zero-order valence-electron chi connectivity index (χ0n) is 16.9. The molecule has 0 spiro atoms. The number of nitrogen functional groups attached to an aromatic ring is 1. The molecule has 158 valence electrons. The van der Waals surface area contributed by atoms with E-state index >= 15 is 0 Å². The number of fused-ring (bicyclic) bond motifs is 1. The zero-order chi connectivity index (χ0) is 21.3. The Hall–Kier alpha value is -3.20. The molecular formula is C21H24FN5O3. The summed E-state index contributed by atoms with van der Waals surface area (Å²) in [5.74, 6) is 0.0230. The van der Waals surface area contributed by atoms with E-state index in [-0.39, 0.29) is 29.4 Å². The topological polar surface area (TPSA) is 104 Å². The predicted octanol–water partition coefficient (Wildman–Crippen LogP) is 3.27. The molecule has 30 heavy (non-hydrogen) atoms. The van der Waals surface area contributed by atoms with Gasteiger partial charge in [0.1, 0.15) is 36.6 Å². The number of rotatable bonds is 8. The second-order valence-corrected chi connectivity index (χ2v) is 7.59. The Morgan fingerprint density at radius 2 is 2.03 bits per heavy atom. The highest BCUT2D eigenvalue weighted by Gasteiger charge is 2.45. The van der Waals surface area contributed by atoms with Gasteiger partial charge in [0.15, 0.2) is 0 Å². The van der Waals surface area contributed by atoms with Crippen LogP contribution in [0.3, 0.4) is 0 Å². The largest absolute Gasteiger partial charge is 0.475 e. The first kappa shape index (κ1) is 20.1. The maximum absolute atomic E-state index is 13.3. The number of alkyl halides is 1. The molecule has 3 aromatic rings. The maximum Gasteiger partial charge on any atom is 0.261 e. The second kappa shape index (κ2) is 7.91. The van der Waals surface area contributed by atoms with Crippen molar-refractivity contribution < 1.29 is 18.7 Å². The molecule has 0 bridgehead atoms. The number of ether oxygens (including phenoxy) is 2. The van der Waals surface area contributed by atoms with E-state index in [4.69, 9.17) is 15.2 Å². The first-order valence-corrected chi connectivity index (χ1v) is 9.72. The lowest BCUT2D eigenvalue weighted by Gasteiger charge is -2.17. The summed E-state index contributed by atoms with van der Waals surface area (Å²) in [6.07, 6.45) is 3.15. The average molecular weight is 413 g/mol. The van der Waals surface area contributed by atoms with Gasteiger partial charge in [-0.05, 0) is 37.5 Å². The van der Waals surface area contributed by atoms with Gasteiger partial charge in [0.05, 0.1) is 12.0 Å². The van der Waals surface area contributed by atoms with Crippen molar-refractivity contribution in [1.29, 1.82) is 0 Å². The predicted molar refractivity (Wildman–Crippen MR) is 111 cm³/mol. The molecule has 1 aromatic carbocycles. The van der Waals surface area contributed by atoms with Crippen LogP contribution in [0.25, 0.3) is 11.0 Å². The van der Waals surface area contributed by atoms with Gasteiger partial charge in [-0.15, -0.1) is 0 Å². The molecule has 9 heteroatoms. The van der Waals surface area contributed by atoms with Gasteiger partial charge in [-0.1, -0.05) is 12.1 Å². The highest BCUT2D eigenvalue weighted by Crippen LogP contribution is 2.50. The number of aromatic nitrogens is 3. The molecule has 2 heterocycles. The van der Waals surface area contributed by atoms with Crippen LogP contribution in [0.2, 0.25) is 0 Å². The first-order valence-electron chi connectivity index (χ1n) is 9.72. The van der Waals surface area contributed by atoms with Crippen LogP contribution >= 0.6 is 0 Å². The van der Waals surface area contributed by atoms with Crippen molar-refractivity contribution in [3.05, 3.63) is 41.7 Å². The molecule has 0 atom stereocenters. The van der Waals surface area contributed by atoms with E-state index in [1.807, 2.05) is 23.6 Å². The Labute approximate surface area is 173 Å². The Balaban J connectivity index is 1.79. The first-order chi connectivity index (χ1) is 14.5. The van der Waals surface area contributed by atoms with E-state index in [9.17, 15) is 9.18 Å². The number of anilines is 2. The van der Waals surface area contributed by atoms with Crippen molar-refractivity contribution >= 4 is 28.4 Å². The third-order valence-corrected chi connectivity index (χ3v) is 5.31. The molecule has 1 aliphatic rings. The summed E-state index contributed by atoms with van der Waals surface area (Å²) in [7, 11) is 1.62. The van der Waals surface area contributed by atoms with Gasteiger partial charge in [-0.3, -0.25) is 9.36 Å². The number of nitrogens with one attached hydrogen (secondary N) is 1. The summed E-state index contributed by atoms with van der Waals surface area (Å²) in [4.78, 5) is 21.7. The fourth-order valence-corrected chi connectivity index (χ4v) is 3.55. The smallest absolute Gasteiger partial charge is 0.261 e. The lowest BCUT2D eigenvalue weighted by atomic mass is 10.2. The monoisotopic (exact) mass is 413 g/mol. The number of amides is 1. The summed E-state index contributed by atoms with van der Waals surface area (Å²) < 4.78 is 25.6. The summed E-state index contributed by atoms with van der Waals surface area (Å²) >= 11 is 0. The Kier molecular flexibility index (Phi) is 5.29. The van der Waals surface area contributed by atoms with Crippen LogP contribution in [-0.2, 0) is 16.9 Å². The standard InChI is InChI=1S/C21H24FN5O3/c1-21(7-8-21)27-18-15(17(23)24-12-25-18)16(20(27)30-10-9-22)19(28)26-14-5-3-13(4-6-14)11-29-2/h3-6,12H,7-11H2,1-2H3,(H,26,28)(H2,23,24,25). The molecule has 1 amide bonds. The van der Waals surface area contributed by atoms with Crippen LogP contribution in [0.5, 0.6) is 5.88 Å². The van der Waals surface area contributed by atoms with E-state index in [1.54, 1.807) is 19.2 Å². The number of nitrogens with two attached hydrogens (primary N) is 1. The lowest BCUT2D eigenvalue weighted by Crippen LogP contribution is -2.18. The molecular weight excluding hydrogens is 389 g/mol. The summed E-state index contributed by atoms with van der Waals surface area (Å²) in [5.41, 5.74) is 8.18. The van der Waals surface area contributed by atoms with Gasteiger partial charge in [-0.2, -0.15) is 0 Å². The Morgan fingerprint density at radius 3 is 2.67 bits per heavy atom. The van der Waals surface area contributed by atoms with E-state index in [0.717, 1.165) is 18.4 Å². The minimum absolute atomic E-state index is 0.175. The molecule has 0 radical (unpaired) electrons. The number of carbonyl (C=O) groups is 1. The quantitative estimate of drug-likeness (QED) is 0.587. The van der Waals surface area contributed by atoms with Crippen LogP contribution < -0.4 is 15.8 Å². The molecule has 1 aliphatic carbocycles. The molecule has 8 nitrogen and oxygen atoms in total. The average Bonchev–Trinajstić information content (AvgIpc) is 3.37. The number of methoxy groups -OCH3 is 1. The fourth-order valence-electron chi connectivity index (χ4n) is 3.55. The van der Waals surface area contributed by atoms with Crippen molar-refractivity contribution in [2.24, 2.45) is 0 Å². The van der Waals surface area contributed by atoms with Gasteiger partial charge >= 0.3 is 0 Å². The number of hydrogen-bond donors (Lipinski definition) is 2. The minimum Gasteiger partial charge on any atom is -0.475 e. The van der Waals surface area contributed by atoms with Crippen molar-refractivity contribution in [2.75, 3.05) is 31.4 Å². The number of hydrogen-bond acceptors (Lipinski definition) is 6. The van der Waals surface area contributed by atoms with Crippen LogP contribution in [0.1, 0.15) is 35.7 Å². The normalized spacial score (nSPS) is 14.6. The Morgan fingerprint density at radius 1 is 1.30 bits per heavy atom. The number of nitrogens with zero attached hydrogens (tertiary/aromatic N) is 3. The maximum atomic E-state index is 13.3. The van der Waals surface area contributed by atoms with Gasteiger partial charge in [0.25, 0.3) is 5.91 Å². The van der Waals surface area contributed by atoms with Gasteiger partial charge < -0.3 is 20.5 Å². The number of halogens is 1. The van der Waals surface area contributed by atoms with Gasteiger partial charge in [-0.25, -0.2) is 14.4 Å². The lowest BCUT2D eigenvalue weighted by molar-refractivity contribution is 0.102. The van der Waals surface area contributed by atoms with E-state index in [1.165, 1.54) is 6.33 Å². The molecule has 3 N–H and O–H groups in total.